The number of hydrogen-bond acceptors (Lipinski definition) is 2. The summed E-state index contributed by atoms with van der Waals surface area (Å²) in [6.45, 7) is 0.347. The van der Waals surface area contributed by atoms with E-state index in [2.05, 4.69) is 5.32 Å². The van der Waals surface area contributed by atoms with E-state index in [-0.39, 0.29) is 5.54 Å². The van der Waals surface area contributed by atoms with Crippen molar-refractivity contribution in [3.05, 3.63) is 0 Å². The van der Waals surface area contributed by atoms with E-state index in [4.69, 9.17) is 5.11 Å². The molecule has 0 spiro atoms. The van der Waals surface area contributed by atoms with Crippen LogP contribution >= 0.6 is 0 Å². The lowest BCUT2D eigenvalue weighted by Gasteiger charge is -3.10. The van der Waals surface area contributed by atoms with Crippen LogP contribution in [0.15, 0.2) is 0 Å². The first-order valence-electron chi connectivity index (χ1n) is 5.33. The number of rotatable bonds is 2. The maximum Gasteiger partial charge on any atom is 0.405 e. The zero-order chi connectivity index (χ0) is 9.46. The van der Waals surface area contributed by atoms with E-state index in [0.717, 1.165) is 0 Å². The summed E-state index contributed by atoms with van der Waals surface area (Å²) in [6.07, 6.45) is -0.862. The summed E-state index contributed by atoms with van der Waals surface area (Å²) >= 11 is 0. The molecule has 14 heavy (non-hydrogen) atoms. The zero-order valence-electron chi connectivity index (χ0n) is 7.47. The molecule has 1 amide bonds. The number of hydrogen-bond donors (Lipinski definition) is 3. The Hall–Kier alpha value is -0.770. The fourth-order valence-electron chi connectivity index (χ4n) is 6.50. The SMILES string of the molecule is O=C(O)NC12C3C4C1C1C2C3C41CO. The molecule has 0 radical (unpaired) electrons. The molecule has 3 N–H and O–H groups in total. The van der Waals surface area contributed by atoms with Gasteiger partial charge in [0, 0.05) is 12.0 Å². The van der Waals surface area contributed by atoms with Gasteiger partial charge in [-0.3, -0.25) is 0 Å². The van der Waals surface area contributed by atoms with Crippen molar-refractivity contribution in [2.24, 2.45) is 40.9 Å². The number of carboxylic acid groups (broad SMARTS) is 1. The second-order valence-corrected chi connectivity index (χ2v) is 5.79. The number of amides is 1. The van der Waals surface area contributed by atoms with Gasteiger partial charge in [0.1, 0.15) is 0 Å². The second kappa shape index (κ2) is 1.32. The predicted molar refractivity (Wildman–Crippen MR) is 44.4 cm³/mol. The maximum absolute atomic E-state index is 10.7. The van der Waals surface area contributed by atoms with Crippen LogP contribution < -0.4 is 5.32 Å². The maximum atomic E-state index is 10.7. The minimum atomic E-state index is -0.862. The monoisotopic (exact) mass is 193 g/mol. The molecule has 74 valence electrons. The Morgan fingerprint density at radius 1 is 1.14 bits per heavy atom. The highest BCUT2D eigenvalue weighted by molar-refractivity contribution is 5.71. The molecule has 0 aromatic rings. The highest BCUT2D eigenvalue weighted by Crippen LogP contribution is 3.06. The lowest BCUT2D eigenvalue weighted by atomic mass is 8.94. The zero-order valence-corrected chi connectivity index (χ0v) is 7.47. The molecule has 6 aliphatic rings. The minimum Gasteiger partial charge on any atom is -0.465 e. The quantitative estimate of drug-likeness (QED) is 0.565. The fraction of sp³-hybridized carbons (Fsp3) is 0.900. The second-order valence-electron chi connectivity index (χ2n) is 5.79. The number of aliphatic hydroxyl groups is 1. The first-order chi connectivity index (χ1) is 6.71. The van der Waals surface area contributed by atoms with Crippen LogP contribution in [0.5, 0.6) is 0 Å². The summed E-state index contributed by atoms with van der Waals surface area (Å²) in [6, 6.07) is 0. The fourth-order valence-corrected chi connectivity index (χ4v) is 6.50. The molecule has 4 heteroatoms. The van der Waals surface area contributed by atoms with Gasteiger partial charge in [0.25, 0.3) is 0 Å². The first kappa shape index (κ1) is 6.67. The third kappa shape index (κ3) is 0.260. The van der Waals surface area contributed by atoms with Crippen molar-refractivity contribution in [1.29, 1.82) is 0 Å². The van der Waals surface area contributed by atoms with E-state index in [1.807, 2.05) is 0 Å². The molecule has 0 aliphatic heterocycles. The third-order valence-electron chi connectivity index (χ3n) is 6.44. The van der Waals surface area contributed by atoms with Crippen LogP contribution in [-0.4, -0.2) is 28.5 Å². The van der Waals surface area contributed by atoms with Crippen molar-refractivity contribution < 1.29 is 15.0 Å². The molecule has 0 heterocycles. The molecule has 0 atom stereocenters. The molecule has 6 aliphatic carbocycles. The summed E-state index contributed by atoms with van der Waals surface area (Å²) < 4.78 is 0. The van der Waals surface area contributed by atoms with E-state index < -0.39 is 6.09 Å². The van der Waals surface area contributed by atoms with Crippen LogP contribution in [0.25, 0.3) is 0 Å². The topological polar surface area (TPSA) is 69.6 Å². The van der Waals surface area contributed by atoms with Gasteiger partial charge in [-0.2, -0.15) is 0 Å². The summed E-state index contributed by atoms with van der Waals surface area (Å²) in [7, 11) is 0. The van der Waals surface area contributed by atoms with Gasteiger partial charge >= 0.3 is 6.09 Å². The summed E-state index contributed by atoms with van der Waals surface area (Å²) in [5, 5.41) is 20.9. The highest BCUT2D eigenvalue weighted by atomic mass is 16.4. The first-order valence-corrected chi connectivity index (χ1v) is 5.33. The van der Waals surface area contributed by atoms with Crippen molar-refractivity contribution >= 4 is 6.09 Å². The Morgan fingerprint density at radius 2 is 1.64 bits per heavy atom. The van der Waals surface area contributed by atoms with Gasteiger partial charge < -0.3 is 15.5 Å². The Bertz CT molecular complexity index is 351. The Balaban J connectivity index is 1.54. The van der Waals surface area contributed by atoms with Crippen LogP contribution in [-0.2, 0) is 0 Å². The lowest BCUT2D eigenvalue weighted by Crippen LogP contribution is -3.15. The Kier molecular flexibility index (Phi) is 0.627. The van der Waals surface area contributed by atoms with Crippen molar-refractivity contribution in [1.82, 2.24) is 5.32 Å². The molecule has 0 bridgehead atoms. The minimum absolute atomic E-state index is 0.00273. The van der Waals surface area contributed by atoms with E-state index in [9.17, 15) is 9.90 Å². The average molecular weight is 193 g/mol. The number of aliphatic hydroxyl groups excluding tert-OH is 1. The molecule has 6 rings (SSSR count). The smallest absolute Gasteiger partial charge is 0.405 e. The lowest BCUT2D eigenvalue weighted by molar-refractivity contribution is -0.627. The third-order valence-corrected chi connectivity index (χ3v) is 6.44. The van der Waals surface area contributed by atoms with Crippen molar-refractivity contribution in [3.8, 4) is 0 Å². The average Bonchev–Trinajstić information content (AvgIpc) is 2.18. The standard InChI is InChI=1S/C10H11NO3/c12-1-9-2-5-3(9)7-4(9)6(2)10(5,7)11-8(13)14/h2-7,11-12H,1H2,(H,13,14). The summed E-state index contributed by atoms with van der Waals surface area (Å²) in [4.78, 5) is 10.7. The molecule has 0 saturated heterocycles. The van der Waals surface area contributed by atoms with Gasteiger partial charge in [-0.1, -0.05) is 0 Å². The van der Waals surface area contributed by atoms with Gasteiger partial charge in [0.15, 0.2) is 0 Å². The largest absolute Gasteiger partial charge is 0.465 e. The molecular formula is C10H11NO3. The van der Waals surface area contributed by atoms with Gasteiger partial charge in [0.2, 0.25) is 0 Å². The molecule has 0 aromatic heterocycles. The molecular weight excluding hydrogens is 182 g/mol. The van der Waals surface area contributed by atoms with E-state index >= 15 is 0 Å². The molecule has 6 saturated carbocycles. The van der Waals surface area contributed by atoms with Gasteiger partial charge in [-0.25, -0.2) is 4.79 Å². The highest BCUT2D eigenvalue weighted by Gasteiger charge is 3.10. The van der Waals surface area contributed by atoms with Gasteiger partial charge in [0.05, 0.1) is 5.54 Å². The predicted octanol–water partition coefficient (Wildman–Crippen LogP) is -0.263. The van der Waals surface area contributed by atoms with Crippen molar-refractivity contribution in [3.63, 3.8) is 0 Å². The van der Waals surface area contributed by atoms with Gasteiger partial charge in [-0.05, 0) is 35.5 Å². The number of carbonyl (C=O) groups is 1. The Labute approximate surface area is 80.3 Å². The van der Waals surface area contributed by atoms with Crippen LogP contribution in [0.3, 0.4) is 0 Å². The van der Waals surface area contributed by atoms with Gasteiger partial charge in [-0.15, -0.1) is 0 Å². The molecule has 6 fully saturated rings. The van der Waals surface area contributed by atoms with Crippen LogP contribution in [0.2, 0.25) is 0 Å². The van der Waals surface area contributed by atoms with E-state index in [1.54, 1.807) is 0 Å². The molecule has 0 unspecified atom stereocenters. The van der Waals surface area contributed by atoms with Crippen LogP contribution in [0, 0.1) is 40.9 Å². The number of nitrogens with one attached hydrogen (secondary N) is 1. The van der Waals surface area contributed by atoms with Crippen LogP contribution in [0.4, 0.5) is 4.79 Å². The van der Waals surface area contributed by atoms with E-state index in [0.29, 0.717) is 47.5 Å². The normalized spacial score (nSPS) is 76.9. The van der Waals surface area contributed by atoms with E-state index in [1.165, 1.54) is 0 Å². The van der Waals surface area contributed by atoms with Crippen molar-refractivity contribution in [2.45, 2.75) is 5.54 Å². The molecule has 0 aromatic carbocycles. The summed E-state index contributed by atoms with van der Waals surface area (Å²) in [5.41, 5.74) is 0.296. The van der Waals surface area contributed by atoms with Crippen molar-refractivity contribution in [2.75, 3.05) is 6.61 Å². The summed E-state index contributed by atoms with van der Waals surface area (Å²) in [5.74, 6) is 3.85. The Morgan fingerprint density at radius 3 is 2.00 bits per heavy atom. The van der Waals surface area contributed by atoms with Crippen LogP contribution in [0.1, 0.15) is 0 Å². The molecule has 4 nitrogen and oxygen atoms in total.